The van der Waals surface area contributed by atoms with Crippen molar-refractivity contribution in [3.05, 3.63) is 95.2 Å². The van der Waals surface area contributed by atoms with E-state index in [0.29, 0.717) is 35.4 Å². The van der Waals surface area contributed by atoms with Gasteiger partial charge < -0.3 is 9.73 Å². The molecule has 0 saturated heterocycles. The standard InChI is InChI=1S/C27H25F3N2O4S.CH3ClO2S/c1-37(34,35)32-13-5-12-31-26(33)20-8-3-7-19(16-20)23-10-4-11-25-24(23)17-22(36-25)15-18-6-2-9-21(14-18)27(28,29)30;1-5(2,3)4/h2-4,6-11,14,16-17,32H,5,12-13,15H2,1H3,(H,31,33);1H3. The molecule has 1 heterocycles. The van der Waals surface area contributed by atoms with E-state index < -0.39 is 30.8 Å². The second-order valence-electron chi connectivity index (χ2n) is 9.34. The summed E-state index contributed by atoms with van der Waals surface area (Å²) in [6, 6.07) is 19.5. The first-order valence-electron chi connectivity index (χ1n) is 12.4. The topological polar surface area (TPSA) is 123 Å². The van der Waals surface area contributed by atoms with E-state index in [2.05, 4.69) is 20.7 Å². The minimum atomic E-state index is -4.42. The molecule has 0 spiro atoms. The van der Waals surface area contributed by atoms with Crippen LogP contribution in [0.3, 0.4) is 0 Å². The molecule has 42 heavy (non-hydrogen) atoms. The minimum absolute atomic E-state index is 0.203. The molecular formula is C28H28ClF3N2O6S2. The number of fused-ring (bicyclic) bond motifs is 1. The summed E-state index contributed by atoms with van der Waals surface area (Å²) in [4.78, 5) is 12.6. The maximum Gasteiger partial charge on any atom is 0.416 e. The average molecular weight is 645 g/mol. The molecule has 4 aromatic rings. The van der Waals surface area contributed by atoms with Crippen molar-refractivity contribution in [2.45, 2.75) is 19.0 Å². The highest BCUT2D eigenvalue weighted by atomic mass is 35.7. The van der Waals surface area contributed by atoms with Crippen LogP contribution in [0.15, 0.2) is 77.2 Å². The summed E-state index contributed by atoms with van der Waals surface area (Å²) in [7, 11) is -1.96. The van der Waals surface area contributed by atoms with Gasteiger partial charge in [0, 0.05) is 41.1 Å². The predicted molar refractivity (Wildman–Crippen MR) is 156 cm³/mol. The van der Waals surface area contributed by atoms with E-state index >= 15 is 0 Å². The Hall–Kier alpha value is -3.39. The number of benzene rings is 3. The maximum absolute atomic E-state index is 13.1. The van der Waals surface area contributed by atoms with Gasteiger partial charge in [-0.3, -0.25) is 4.79 Å². The van der Waals surface area contributed by atoms with Crippen LogP contribution in [0, 0.1) is 0 Å². The van der Waals surface area contributed by atoms with Crippen molar-refractivity contribution in [3.8, 4) is 11.1 Å². The Bertz CT molecular complexity index is 1760. The number of nitrogens with one attached hydrogen (secondary N) is 2. The molecule has 0 atom stereocenters. The van der Waals surface area contributed by atoms with Gasteiger partial charge in [0.15, 0.2) is 0 Å². The molecule has 0 aliphatic heterocycles. The SMILES string of the molecule is CS(=O)(=O)Cl.CS(=O)(=O)NCCCNC(=O)c1cccc(-c2cccc3oc(Cc4cccc(C(F)(F)F)c4)cc23)c1. The van der Waals surface area contributed by atoms with Crippen molar-refractivity contribution in [1.82, 2.24) is 10.0 Å². The number of sulfonamides is 1. The van der Waals surface area contributed by atoms with Crippen LogP contribution >= 0.6 is 10.7 Å². The van der Waals surface area contributed by atoms with Crippen LogP contribution in [-0.4, -0.2) is 48.3 Å². The van der Waals surface area contributed by atoms with Crippen LogP contribution in [0.1, 0.15) is 33.7 Å². The fraction of sp³-hybridized carbons (Fsp3) is 0.250. The average Bonchev–Trinajstić information content (AvgIpc) is 3.29. The lowest BCUT2D eigenvalue weighted by molar-refractivity contribution is -0.137. The third-order valence-corrected chi connectivity index (χ3v) is 6.41. The van der Waals surface area contributed by atoms with Crippen LogP contribution in [0.5, 0.6) is 0 Å². The van der Waals surface area contributed by atoms with Gasteiger partial charge in [-0.2, -0.15) is 13.2 Å². The number of alkyl halides is 3. The molecule has 1 amide bonds. The van der Waals surface area contributed by atoms with Gasteiger partial charge in [-0.25, -0.2) is 21.6 Å². The Balaban J connectivity index is 0.000000892. The number of amides is 1. The summed E-state index contributed by atoms with van der Waals surface area (Å²) in [6.07, 6.45) is -1.77. The molecule has 226 valence electrons. The molecule has 0 fully saturated rings. The van der Waals surface area contributed by atoms with E-state index in [4.69, 9.17) is 4.42 Å². The number of furan rings is 1. The molecule has 14 heteroatoms. The zero-order chi connectivity index (χ0) is 31.1. The predicted octanol–water partition coefficient (Wildman–Crippen LogP) is 5.56. The van der Waals surface area contributed by atoms with Gasteiger partial charge in [0.05, 0.1) is 18.1 Å². The molecule has 0 radical (unpaired) electrons. The van der Waals surface area contributed by atoms with Crippen LogP contribution in [0.4, 0.5) is 13.2 Å². The number of carbonyl (C=O) groups is 1. The lowest BCUT2D eigenvalue weighted by atomic mass is 9.99. The second-order valence-corrected chi connectivity index (χ2v) is 14.2. The summed E-state index contributed by atoms with van der Waals surface area (Å²) in [6.45, 7) is 0.534. The highest BCUT2D eigenvalue weighted by Gasteiger charge is 2.30. The number of hydrogen-bond donors (Lipinski definition) is 2. The van der Waals surface area contributed by atoms with Gasteiger partial charge in [-0.15, -0.1) is 0 Å². The quantitative estimate of drug-likeness (QED) is 0.182. The lowest BCUT2D eigenvalue weighted by Gasteiger charge is -2.08. The van der Waals surface area contributed by atoms with Gasteiger partial charge in [-0.1, -0.05) is 42.5 Å². The Kier molecular flexibility index (Phi) is 10.8. The summed E-state index contributed by atoms with van der Waals surface area (Å²) in [5.41, 5.74) is 2.42. The first kappa shape index (κ1) is 33.1. The third kappa shape index (κ3) is 10.8. The van der Waals surface area contributed by atoms with E-state index in [9.17, 15) is 34.8 Å². The molecule has 0 aliphatic rings. The Labute approximate surface area is 246 Å². The summed E-state index contributed by atoms with van der Waals surface area (Å²) < 4.78 is 88.5. The lowest BCUT2D eigenvalue weighted by Crippen LogP contribution is -2.29. The normalized spacial score (nSPS) is 12.0. The molecule has 0 aliphatic carbocycles. The molecule has 1 aromatic heterocycles. The van der Waals surface area contributed by atoms with Gasteiger partial charge in [0.2, 0.25) is 19.1 Å². The van der Waals surface area contributed by atoms with E-state index in [1.54, 1.807) is 30.3 Å². The van der Waals surface area contributed by atoms with Gasteiger partial charge in [0.1, 0.15) is 11.3 Å². The number of hydrogen-bond acceptors (Lipinski definition) is 6. The zero-order valence-corrected chi connectivity index (χ0v) is 24.9. The fourth-order valence-electron chi connectivity index (χ4n) is 3.99. The molecule has 3 aromatic carbocycles. The monoisotopic (exact) mass is 644 g/mol. The summed E-state index contributed by atoms with van der Waals surface area (Å²) in [5.74, 6) is 0.240. The first-order chi connectivity index (χ1) is 19.5. The Morgan fingerprint density at radius 2 is 1.57 bits per heavy atom. The third-order valence-electron chi connectivity index (χ3n) is 5.68. The molecule has 8 nitrogen and oxygen atoms in total. The summed E-state index contributed by atoms with van der Waals surface area (Å²) in [5, 5.41) is 3.56. The van der Waals surface area contributed by atoms with E-state index in [1.807, 2.05) is 24.3 Å². The number of carbonyl (C=O) groups excluding carboxylic acids is 1. The largest absolute Gasteiger partial charge is 0.461 e. The molecule has 2 N–H and O–H groups in total. The van der Waals surface area contributed by atoms with Crippen LogP contribution in [0.2, 0.25) is 0 Å². The molecule has 0 saturated carbocycles. The molecular weight excluding hydrogens is 617 g/mol. The van der Waals surface area contributed by atoms with E-state index in [1.165, 1.54) is 6.07 Å². The summed E-state index contributed by atoms with van der Waals surface area (Å²) >= 11 is 0. The van der Waals surface area contributed by atoms with Gasteiger partial charge in [-0.05, 0) is 53.4 Å². The van der Waals surface area contributed by atoms with Crippen LogP contribution in [-0.2, 0) is 31.7 Å². The molecule has 0 unspecified atom stereocenters. The fourth-order valence-corrected chi connectivity index (χ4v) is 4.50. The van der Waals surface area contributed by atoms with Crippen molar-refractivity contribution in [3.63, 3.8) is 0 Å². The van der Waals surface area contributed by atoms with Crippen molar-refractivity contribution >= 4 is 46.6 Å². The smallest absolute Gasteiger partial charge is 0.416 e. The zero-order valence-electron chi connectivity index (χ0n) is 22.5. The van der Waals surface area contributed by atoms with E-state index in [0.717, 1.165) is 41.2 Å². The van der Waals surface area contributed by atoms with Crippen molar-refractivity contribution < 1.29 is 39.2 Å². The Morgan fingerprint density at radius 3 is 2.24 bits per heavy atom. The first-order valence-corrected chi connectivity index (χ1v) is 17.0. The van der Waals surface area contributed by atoms with E-state index in [-0.39, 0.29) is 18.9 Å². The van der Waals surface area contributed by atoms with Crippen molar-refractivity contribution in [2.75, 3.05) is 25.6 Å². The number of rotatable bonds is 9. The van der Waals surface area contributed by atoms with Gasteiger partial charge >= 0.3 is 6.18 Å². The maximum atomic E-state index is 13.1. The molecule has 0 bridgehead atoms. The Morgan fingerprint density at radius 1 is 0.905 bits per heavy atom. The highest BCUT2D eigenvalue weighted by molar-refractivity contribution is 8.13. The van der Waals surface area contributed by atoms with Crippen molar-refractivity contribution in [1.29, 1.82) is 0 Å². The van der Waals surface area contributed by atoms with Crippen LogP contribution in [0.25, 0.3) is 22.1 Å². The second kappa shape index (κ2) is 13.7. The minimum Gasteiger partial charge on any atom is -0.461 e. The molecule has 4 rings (SSSR count). The van der Waals surface area contributed by atoms with Crippen LogP contribution < -0.4 is 10.0 Å². The van der Waals surface area contributed by atoms with Gasteiger partial charge in [0.25, 0.3) is 5.91 Å². The highest BCUT2D eigenvalue weighted by Crippen LogP contribution is 2.33. The number of halogens is 4. The van der Waals surface area contributed by atoms with Crippen molar-refractivity contribution in [2.24, 2.45) is 0 Å².